The fraction of sp³-hybridized carbons (Fsp3) is 0.588. The van der Waals surface area contributed by atoms with Crippen LogP contribution in [0.2, 0.25) is 0 Å². The number of rotatable bonds is 4. The summed E-state index contributed by atoms with van der Waals surface area (Å²) in [7, 11) is 0. The van der Waals surface area contributed by atoms with Gasteiger partial charge in [0.2, 0.25) is 5.91 Å². The van der Waals surface area contributed by atoms with Gasteiger partial charge in [-0.25, -0.2) is 0 Å². The standard InChI is InChI=1S/C17H22F3NO/c1-16(2,3)10-15(22)21(14-8-9-14)11-12-4-6-13(7-5-12)17(18,19)20/h4-7,14H,8-11H2,1-3H3. The predicted octanol–water partition coefficient (Wildman–Crippen LogP) is 4.63. The van der Waals surface area contributed by atoms with Crippen LogP contribution in [-0.4, -0.2) is 16.8 Å². The van der Waals surface area contributed by atoms with Crippen molar-refractivity contribution >= 4 is 5.91 Å². The minimum Gasteiger partial charge on any atom is -0.335 e. The number of halogens is 3. The lowest BCUT2D eigenvalue weighted by Gasteiger charge is -2.27. The van der Waals surface area contributed by atoms with Crippen LogP contribution >= 0.6 is 0 Å². The van der Waals surface area contributed by atoms with Crippen molar-refractivity contribution in [3.05, 3.63) is 35.4 Å². The first-order valence-electron chi connectivity index (χ1n) is 7.52. The number of nitrogens with zero attached hydrogens (tertiary/aromatic N) is 1. The molecule has 1 aromatic rings. The van der Waals surface area contributed by atoms with Crippen molar-refractivity contribution < 1.29 is 18.0 Å². The molecule has 2 rings (SSSR count). The van der Waals surface area contributed by atoms with E-state index in [1.54, 1.807) is 0 Å². The monoisotopic (exact) mass is 313 g/mol. The van der Waals surface area contributed by atoms with Gasteiger partial charge < -0.3 is 4.90 Å². The molecule has 2 nitrogen and oxygen atoms in total. The smallest absolute Gasteiger partial charge is 0.335 e. The molecule has 1 aromatic carbocycles. The van der Waals surface area contributed by atoms with Crippen molar-refractivity contribution in [1.29, 1.82) is 0 Å². The number of carbonyl (C=O) groups excluding carboxylic acids is 1. The average Bonchev–Trinajstić information content (AvgIpc) is 3.17. The highest BCUT2D eigenvalue weighted by Crippen LogP contribution is 2.32. The molecule has 122 valence electrons. The van der Waals surface area contributed by atoms with Gasteiger partial charge in [0.05, 0.1) is 5.56 Å². The van der Waals surface area contributed by atoms with Crippen LogP contribution in [0.3, 0.4) is 0 Å². The summed E-state index contributed by atoms with van der Waals surface area (Å²) in [6.45, 7) is 6.41. The molecule has 1 fully saturated rings. The van der Waals surface area contributed by atoms with Gasteiger partial charge in [-0.05, 0) is 36.0 Å². The van der Waals surface area contributed by atoms with Gasteiger partial charge in [-0.1, -0.05) is 32.9 Å². The molecule has 22 heavy (non-hydrogen) atoms. The zero-order valence-corrected chi connectivity index (χ0v) is 13.2. The molecule has 1 saturated carbocycles. The minimum absolute atomic E-state index is 0.0786. The molecular formula is C17H22F3NO. The van der Waals surface area contributed by atoms with Crippen molar-refractivity contribution in [1.82, 2.24) is 4.90 Å². The third-order valence-corrected chi connectivity index (χ3v) is 3.62. The highest BCUT2D eigenvalue weighted by atomic mass is 19.4. The number of carbonyl (C=O) groups is 1. The summed E-state index contributed by atoms with van der Waals surface area (Å²) < 4.78 is 37.7. The second kappa shape index (κ2) is 5.94. The van der Waals surface area contributed by atoms with E-state index in [9.17, 15) is 18.0 Å². The minimum atomic E-state index is -4.32. The Bertz CT molecular complexity index is 524. The number of hydrogen-bond acceptors (Lipinski definition) is 1. The van der Waals surface area contributed by atoms with Crippen LogP contribution < -0.4 is 0 Å². The van der Waals surface area contributed by atoms with Gasteiger partial charge in [-0.15, -0.1) is 0 Å². The van der Waals surface area contributed by atoms with Crippen LogP contribution in [0.25, 0.3) is 0 Å². The summed E-state index contributed by atoms with van der Waals surface area (Å²) in [6.07, 6.45) is -1.91. The van der Waals surface area contributed by atoms with E-state index in [-0.39, 0.29) is 17.4 Å². The van der Waals surface area contributed by atoms with E-state index in [0.29, 0.717) is 13.0 Å². The summed E-state index contributed by atoms with van der Waals surface area (Å²) in [5.74, 6) is 0.0786. The van der Waals surface area contributed by atoms with Crippen molar-refractivity contribution in [2.24, 2.45) is 5.41 Å². The molecule has 0 spiro atoms. The van der Waals surface area contributed by atoms with Crippen LogP contribution in [-0.2, 0) is 17.5 Å². The number of alkyl halides is 3. The maximum absolute atomic E-state index is 12.6. The van der Waals surface area contributed by atoms with E-state index < -0.39 is 11.7 Å². The van der Waals surface area contributed by atoms with E-state index in [1.165, 1.54) is 12.1 Å². The number of amides is 1. The second-order valence-electron chi connectivity index (χ2n) is 7.18. The van der Waals surface area contributed by atoms with Crippen molar-refractivity contribution in [2.45, 2.75) is 58.8 Å². The maximum Gasteiger partial charge on any atom is 0.416 e. The van der Waals surface area contributed by atoms with Crippen molar-refractivity contribution in [3.63, 3.8) is 0 Å². The maximum atomic E-state index is 12.6. The van der Waals surface area contributed by atoms with Gasteiger partial charge in [-0.2, -0.15) is 13.2 Å². The Morgan fingerprint density at radius 3 is 2.09 bits per heavy atom. The highest BCUT2D eigenvalue weighted by molar-refractivity contribution is 5.77. The quantitative estimate of drug-likeness (QED) is 0.793. The summed E-state index contributed by atoms with van der Waals surface area (Å²) >= 11 is 0. The SMILES string of the molecule is CC(C)(C)CC(=O)N(Cc1ccc(C(F)(F)F)cc1)C1CC1. The Balaban J connectivity index is 2.07. The van der Waals surface area contributed by atoms with Crippen LogP contribution in [0, 0.1) is 5.41 Å². The molecule has 1 aliphatic rings. The highest BCUT2D eigenvalue weighted by Gasteiger charge is 2.34. The Labute approximate surface area is 129 Å². The normalized spacial score (nSPS) is 15.7. The lowest BCUT2D eigenvalue weighted by Crippen LogP contribution is -2.34. The third-order valence-electron chi connectivity index (χ3n) is 3.62. The van der Waals surface area contributed by atoms with Crippen LogP contribution in [0.15, 0.2) is 24.3 Å². The molecule has 0 aliphatic heterocycles. The molecule has 0 radical (unpaired) electrons. The summed E-state index contributed by atoms with van der Waals surface area (Å²) in [4.78, 5) is 14.2. The Morgan fingerprint density at radius 2 is 1.68 bits per heavy atom. The van der Waals surface area contributed by atoms with Crippen molar-refractivity contribution in [3.8, 4) is 0 Å². The Kier molecular flexibility index (Phi) is 4.54. The first-order valence-corrected chi connectivity index (χ1v) is 7.52. The molecule has 0 bridgehead atoms. The largest absolute Gasteiger partial charge is 0.416 e. The summed E-state index contributed by atoms with van der Waals surface area (Å²) in [5, 5.41) is 0. The van der Waals surface area contributed by atoms with Crippen LogP contribution in [0.1, 0.15) is 51.2 Å². The van der Waals surface area contributed by atoms with E-state index in [2.05, 4.69) is 0 Å². The average molecular weight is 313 g/mol. The molecule has 1 aliphatic carbocycles. The fourth-order valence-corrected chi connectivity index (χ4v) is 2.36. The number of benzene rings is 1. The van der Waals surface area contributed by atoms with Crippen LogP contribution in [0.4, 0.5) is 13.2 Å². The zero-order valence-electron chi connectivity index (χ0n) is 13.2. The lowest BCUT2D eigenvalue weighted by atomic mass is 9.91. The van der Waals surface area contributed by atoms with E-state index in [4.69, 9.17) is 0 Å². The van der Waals surface area contributed by atoms with Gasteiger partial charge in [0, 0.05) is 19.0 Å². The molecule has 0 saturated heterocycles. The molecule has 5 heteroatoms. The summed E-state index contributed by atoms with van der Waals surface area (Å²) in [6, 6.07) is 5.33. The topological polar surface area (TPSA) is 20.3 Å². The van der Waals surface area contributed by atoms with Gasteiger partial charge >= 0.3 is 6.18 Å². The molecule has 1 amide bonds. The third kappa shape index (κ3) is 4.75. The van der Waals surface area contributed by atoms with Gasteiger partial charge in [-0.3, -0.25) is 4.79 Å². The first-order chi connectivity index (χ1) is 10.1. The second-order valence-corrected chi connectivity index (χ2v) is 7.18. The molecule has 0 unspecified atom stereocenters. The molecule has 0 heterocycles. The van der Waals surface area contributed by atoms with Crippen LogP contribution in [0.5, 0.6) is 0 Å². The van der Waals surface area contributed by atoms with E-state index >= 15 is 0 Å². The zero-order chi connectivity index (χ0) is 16.5. The number of hydrogen-bond donors (Lipinski definition) is 0. The van der Waals surface area contributed by atoms with Gasteiger partial charge in [0.15, 0.2) is 0 Å². The molecule has 0 N–H and O–H groups in total. The molecular weight excluding hydrogens is 291 g/mol. The lowest BCUT2D eigenvalue weighted by molar-refractivity contribution is -0.138. The van der Waals surface area contributed by atoms with E-state index in [1.807, 2.05) is 25.7 Å². The fourth-order valence-electron chi connectivity index (χ4n) is 2.36. The molecule has 0 atom stereocenters. The Morgan fingerprint density at radius 1 is 1.14 bits per heavy atom. The summed E-state index contributed by atoms with van der Waals surface area (Å²) in [5.41, 5.74) is -0.0120. The predicted molar refractivity (Wildman–Crippen MR) is 79.1 cm³/mol. The van der Waals surface area contributed by atoms with Gasteiger partial charge in [0.25, 0.3) is 0 Å². The van der Waals surface area contributed by atoms with E-state index in [0.717, 1.165) is 30.5 Å². The van der Waals surface area contributed by atoms with Gasteiger partial charge in [0.1, 0.15) is 0 Å². The first kappa shape index (κ1) is 16.8. The van der Waals surface area contributed by atoms with Crippen molar-refractivity contribution in [2.75, 3.05) is 0 Å². The Hall–Kier alpha value is -1.52. The molecule has 0 aromatic heterocycles.